The van der Waals surface area contributed by atoms with E-state index in [2.05, 4.69) is 40.5 Å². The van der Waals surface area contributed by atoms with Crippen LogP contribution in [0.2, 0.25) is 0 Å². The molecule has 1 aromatic heterocycles. The lowest BCUT2D eigenvalue weighted by atomic mass is 10.2. The van der Waals surface area contributed by atoms with E-state index < -0.39 is 0 Å². The van der Waals surface area contributed by atoms with Crippen molar-refractivity contribution < 1.29 is 0 Å². The van der Waals surface area contributed by atoms with Crippen molar-refractivity contribution in [2.45, 2.75) is 17.0 Å². The van der Waals surface area contributed by atoms with Gasteiger partial charge < -0.3 is 0 Å². The van der Waals surface area contributed by atoms with Crippen molar-refractivity contribution in [3.8, 4) is 11.4 Å². The molecule has 4 heteroatoms. The zero-order chi connectivity index (χ0) is 13.8. The summed E-state index contributed by atoms with van der Waals surface area (Å²) in [6.45, 7) is 2.10. The molecule has 0 spiro atoms. The number of benzene rings is 2. The lowest BCUT2D eigenvalue weighted by molar-refractivity contribution is 1.21. The Balaban J connectivity index is 1.67. The summed E-state index contributed by atoms with van der Waals surface area (Å²) in [4.78, 5) is 4.58. The molecule has 2 nitrogen and oxygen atoms in total. The highest BCUT2D eigenvalue weighted by Crippen LogP contribution is 2.27. The summed E-state index contributed by atoms with van der Waals surface area (Å²) in [7, 11) is 0. The van der Waals surface area contributed by atoms with Crippen LogP contribution in [-0.2, 0) is 5.75 Å². The van der Waals surface area contributed by atoms with E-state index in [0.717, 1.165) is 21.5 Å². The zero-order valence-electron chi connectivity index (χ0n) is 11.1. The van der Waals surface area contributed by atoms with Crippen LogP contribution in [0.4, 0.5) is 0 Å². The maximum Gasteiger partial charge on any atom is 0.174 e. The predicted molar refractivity (Wildman–Crippen MR) is 86.1 cm³/mol. The van der Waals surface area contributed by atoms with Crippen molar-refractivity contribution in [1.82, 2.24) is 9.36 Å². The molecule has 0 aliphatic carbocycles. The number of nitrogens with zero attached hydrogens (tertiary/aromatic N) is 2. The monoisotopic (exact) mass is 298 g/mol. The smallest absolute Gasteiger partial charge is 0.174 e. The first-order chi connectivity index (χ1) is 9.81. The van der Waals surface area contributed by atoms with Gasteiger partial charge in [-0.05, 0) is 24.0 Å². The van der Waals surface area contributed by atoms with Crippen LogP contribution in [0.5, 0.6) is 0 Å². The molecule has 20 heavy (non-hydrogen) atoms. The Morgan fingerprint density at radius 2 is 1.75 bits per heavy atom. The van der Waals surface area contributed by atoms with Gasteiger partial charge in [-0.25, -0.2) is 4.98 Å². The fourth-order valence-corrected chi connectivity index (χ4v) is 3.37. The number of thioether (sulfide) groups is 1. The maximum atomic E-state index is 4.58. The Labute approximate surface area is 127 Å². The van der Waals surface area contributed by atoms with Gasteiger partial charge in [0.05, 0.1) is 0 Å². The molecule has 100 valence electrons. The molecule has 3 aromatic rings. The lowest BCUT2D eigenvalue weighted by Gasteiger charge is -1.99. The van der Waals surface area contributed by atoms with Gasteiger partial charge in [-0.3, -0.25) is 0 Å². The summed E-state index contributed by atoms with van der Waals surface area (Å²) in [6.07, 6.45) is 0. The van der Waals surface area contributed by atoms with E-state index in [1.165, 1.54) is 22.7 Å². The van der Waals surface area contributed by atoms with Crippen molar-refractivity contribution in [2.75, 3.05) is 0 Å². The van der Waals surface area contributed by atoms with Crippen LogP contribution in [0.15, 0.2) is 58.9 Å². The third kappa shape index (κ3) is 3.26. The van der Waals surface area contributed by atoms with Crippen LogP contribution in [0.1, 0.15) is 11.1 Å². The molecule has 1 heterocycles. The van der Waals surface area contributed by atoms with Gasteiger partial charge in [0.1, 0.15) is 0 Å². The molecule has 0 N–H and O–H groups in total. The lowest BCUT2D eigenvalue weighted by Crippen LogP contribution is -1.82. The van der Waals surface area contributed by atoms with Crippen LogP contribution >= 0.6 is 23.3 Å². The SMILES string of the molecule is Cc1ccc(CSc2nc(-c3ccccc3)ns2)cc1. The molecule has 0 aliphatic rings. The van der Waals surface area contributed by atoms with Crippen molar-refractivity contribution in [2.24, 2.45) is 0 Å². The second kappa shape index (κ2) is 6.20. The normalized spacial score (nSPS) is 10.7. The number of aryl methyl sites for hydroxylation is 1. The van der Waals surface area contributed by atoms with E-state index >= 15 is 0 Å². The molecule has 3 rings (SSSR count). The molecule has 0 bridgehead atoms. The molecular weight excluding hydrogens is 284 g/mol. The van der Waals surface area contributed by atoms with E-state index in [-0.39, 0.29) is 0 Å². The summed E-state index contributed by atoms with van der Waals surface area (Å²) in [5.74, 6) is 1.76. The van der Waals surface area contributed by atoms with Crippen molar-refractivity contribution >= 4 is 23.3 Å². The molecule has 0 aliphatic heterocycles. The van der Waals surface area contributed by atoms with Crippen LogP contribution < -0.4 is 0 Å². The average Bonchev–Trinajstić information content (AvgIpc) is 2.97. The molecule has 0 amide bonds. The van der Waals surface area contributed by atoms with Crippen molar-refractivity contribution in [1.29, 1.82) is 0 Å². The quantitative estimate of drug-likeness (QED) is 0.647. The molecule has 0 radical (unpaired) electrons. The Bertz CT molecular complexity index is 675. The first kappa shape index (κ1) is 13.3. The first-order valence-corrected chi connectivity index (χ1v) is 8.14. The second-order valence-corrected chi connectivity index (χ2v) is 6.50. The minimum absolute atomic E-state index is 0.821. The van der Waals surface area contributed by atoms with E-state index in [1.54, 1.807) is 11.8 Å². The summed E-state index contributed by atoms with van der Waals surface area (Å²) in [5.41, 5.74) is 3.68. The fourth-order valence-electron chi connectivity index (χ4n) is 1.80. The predicted octanol–water partition coefficient (Wildman–Crippen LogP) is 4.81. The molecule has 0 atom stereocenters. The first-order valence-electron chi connectivity index (χ1n) is 6.39. The summed E-state index contributed by atoms with van der Waals surface area (Å²) in [5, 5.41) is 0. The van der Waals surface area contributed by atoms with Gasteiger partial charge in [0.2, 0.25) is 0 Å². The van der Waals surface area contributed by atoms with E-state index in [9.17, 15) is 0 Å². The standard InChI is InChI=1S/C16H14N2S2/c1-12-7-9-13(10-8-12)11-19-16-17-15(18-20-16)14-5-3-2-4-6-14/h2-10H,11H2,1H3. The number of aromatic nitrogens is 2. The van der Waals surface area contributed by atoms with Crippen molar-refractivity contribution in [3.63, 3.8) is 0 Å². The minimum atomic E-state index is 0.821. The maximum absolute atomic E-state index is 4.58. The highest BCUT2D eigenvalue weighted by Gasteiger charge is 2.06. The summed E-state index contributed by atoms with van der Waals surface area (Å²) in [6, 6.07) is 18.7. The number of rotatable bonds is 4. The van der Waals surface area contributed by atoms with E-state index in [0.29, 0.717) is 0 Å². The Morgan fingerprint density at radius 1 is 1.00 bits per heavy atom. The Hall–Kier alpha value is -1.65. The third-order valence-corrected chi connectivity index (χ3v) is 4.83. The van der Waals surface area contributed by atoms with Gasteiger partial charge in [-0.2, -0.15) is 4.37 Å². The molecule has 0 unspecified atom stereocenters. The molecule has 2 aromatic carbocycles. The van der Waals surface area contributed by atoms with Crippen LogP contribution in [0.25, 0.3) is 11.4 Å². The Kier molecular flexibility index (Phi) is 4.14. The van der Waals surface area contributed by atoms with Crippen LogP contribution in [0.3, 0.4) is 0 Å². The van der Waals surface area contributed by atoms with E-state index in [1.807, 2.05) is 30.3 Å². The van der Waals surface area contributed by atoms with Gasteiger partial charge in [0.25, 0.3) is 0 Å². The highest BCUT2D eigenvalue weighted by atomic mass is 32.2. The van der Waals surface area contributed by atoms with Crippen LogP contribution in [0, 0.1) is 6.92 Å². The van der Waals surface area contributed by atoms with Crippen LogP contribution in [-0.4, -0.2) is 9.36 Å². The molecule has 0 saturated heterocycles. The van der Waals surface area contributed by atoms with Gasteiger partial charge in [-0.1, -0.05) is 71.9 Å². The van der Waals surface area contributed by atoms with Crippen molar-refractivity contribution in [3.05, 3.63) is 65.7 Å². The topological polar surface area (TPSA) is 25.8 Å². The highest BCUT2D eigenvalue weighted by molar-refractivity contribution is 8.00. The summed E-state index contributed by atoms with van der Waals surface area (Å²) < 4.78 is 5.44. The summed E-state index contributed by atoms with van der Waals surface area (Å²) >= 11 is 3.21. The largest absolute Gasteiger partial charge is 0.208 e. The van der Waals surface area contributed by atoms with E-state index in [4.69, 9.17) is 0 Å². The fraction of sp³-hybridized carbons (Fsp3) is 0.125. The second-order valence-electron chi connectivity index (χ2n) is 4.52. The van der Waals surface area contributed by atoms with Gasteiger partial charge >= 0.3 is 0 Å². The minimum Gasteiger partial charge on any atom is -0.208 e. The van der Waals surface area contributed by atoms with Gasteiger partial charge in [0.15, 0.2) is 10.2 Å². The molecule has 0 fully saturated rings. The zero-order valence-corrected chi connectivity index (χ0v) is 12.7. The number of hydrogen-bond donors (Lipinski definition) is 0. The molecular formula is C16H14N2S2. The molecule has 0 saturated carbocycles. The average molecular weight is 298 g/mol. The van der Waals surface area contributed by atoms with Gasteiger partial charge in [0, 0.05) is 11.3 Å². The third-order valence-electron chi connectivity index (χ3n) is 2.92. The Morgan fingerprint density at radius 3 is 2.50 bits per heavy atom. The number of hydrogen-bond acceptors (Lipinski definition) is 4. The van der Waals surface area contributed by atoms with Gasteiger partial charge in [-0.15, -0.1) is 0 Å².